The van der Waals surface area contributed by atoms with Gasteiger partial charge in [-0.3, -0.25) is 5.32 Å². The standard InChI is InChI=1S/C20H15Cl2NO3/c1-25-19-12-15(21)8-9-17(19)23-20(24)26-18-10-7-14(11-16(18)22)13-5-3-2-4-6-13/h2-12H,1H3,(H,23,24). The highest BCUT2D eigenvalue weighted by Gasteiger charge is 2.12. The monoisotopic (exact) mass is 387 g/mol. The molecule has 0 saturated heterocycles. The van der Waals surface area contributed by atoms with Crippen LogP contribution in [0, 0.1) is 0 Å². The zero-order valence-corrected chi connectivity index (χ0v) is 15.3. The number of carbonyl (C=O) groups is 1. The molecule has 4 nitrogen and oxygen atoms in total. The summed E-state index contributed by atoms with van der Waals surface area (Å²) < 4.78 is 10.5. The molecule has 0 fully saturated rings. The molecule has 3 aromatic carbocycles. The van der Waals surface area contributed by atoms with Gasteiger partial charge in [0.05, 0.1) is 17.8 Å². The van der Waals surface area contributed by atoms with Gasteiger partial charge in [-0.15, -0.1) is 0 Å². The molecule has 0 aliphatic carbocycles. The molecule has 132 valence electrons. The Balaban J connectivity index is 1.74. The lowest BCUT2D eigenvalue weighted by Gasteiger charge is -2.12. The SMILES string of the molecule is COc1cc(Cl)ccc1NC(=O)Oc1ccc(-c2ccccc2)cc1Cl. The van der Waals surface area contributed by atoms with E-state index in [-0.39, 0.29) is 5.75 Å². The molecule has 26 heavy (non-hydrogen) atoms. The number of halogens is 2. The van der Waals surface area contributed by atoms with Crippen molar-refractivity contribution in [1.82, 2.24) is 0 Å². The van der Waals surface area contributed by atoms with Gasteiger partial charge in [-0.25, -0.2) is 4.79 Å². The molecule has 0 bridgehead atoms. The van der Waals surface area contributed by atoms with Gasteiger partial charge in [0.2, 0.25) is 0 Å². The molecule has 1 amide bonds. The zero-order chi connectivity index (χ0) is 18.5. The largest absolute Gasteiger partial charge is 0.495 e. The Morgan fingerprint density at radius 1 is 0.885 bits per heavy atom. The van der Waals surface area contributed by atoms with Gasteiger partial charge in [0.25, 0.3) is 0 Å². The van der Waals surface area contributed by atoms with Gasteiger partial charge in [-0.2, -0.15) is 0 Å². The fourth-order valence-electron chi connectivity index (χ4n) is 2.40. The number of ether oxygens (including phenoxy) is 2. The summed E-state index contributed by atoms with van der Waals surface area (Å²) in [5.74, 6) is 0.691. The normalized spacial score (nSPS) is 10.3. The van der Waals surface area contributed by atoms with E-state index in [1.54, 1.807) is 30.3 Å². The number of benzene rings is 3. The lowest BCUT2D eigenvalue weighted by Crippen LogP contribution is -2.17. The minimum atomic E-state index is -0.681. The Morgan fingerprint density at radius 3 is 2.35 bits per heavy atom. The highest BCUT2D eigenvalue weighted by Crippen LogP contribution is 2.31. The molecule has 3 rings (SSSR count). The third kappa shape index (κ3) is 4.28. The summed E-state index contributed by atoms with van der Waals surface area (Å²) in [6.07, 6.45) is -0.681. The number of anilines is 1. The maximum atomic E-state index is 12.2. The molecule has 0 radical (unpaired) electrons. The lowest BCUT2D eigenvalue weighted by atomic mass is 10.1. The van der Waals surface area contributed by atoms with Crippen molar-refractivity contribution >= 4 is 35.0 Å². The lowest BCUT2D eigenvalue weighted by molar-refractivity contribution is 0.215. The first-order valence-electron chi connectivity index (χ1n) is 7.74. The molecule has 0 heterocycles. The van der Waals surface area contributed by atoms with Gasteiger partial charge in [-0.05, 0) is 35.4 Å². The summed E-state index contributed by atoms with van der Waals surface area (Å²) in [5, 5.41) is 3.45. The molecule has 0 atom stereocenters. The third-order valence-corrected chi connectivity index (χ3v) is 4.17. The number of amides is 1. The average Bonchev–Trinajstić information content (AvgIpc) is 2.65. The molecule has 0 unspecified atom stereocenters. The van der Waals surface area contributed by atoms with E-state index in [1.807, 2.05) is 36.4 Å². The molecular weight excluding hydrogens is 373 g/mol. The summed E-state index contributed by atoms with van der Waals surface area (Å²) in [6, 6.07) is 19.9. The molecule has 0 saturated carbocycles. The number of methoxy groups -OCH3 is 1. The van der Waals surface area contributed by atoms with Gasteiger partial charge in [0, 0.05) is 11.1 Å². The van der Waals surface area contributed by atoms with Crippen molar-refractivity contribution in [3.63, 3.8) is 0 Å². The van der Waals surface area contributed by atoms with Crippen molar-refractivity contribution in [2.45, 2.75) is 0 Å². The summed E-state index contributed by atoms with van der Waals surface area (Å²) in [6.45, 7) is 0. The first-order valence-corrected chi connectivity index (χ1v) is 8.50. The Morgan fingerprint density at radius 2 is 1.65 bits per heavy atom. The molecule has 0 spiro atoms. The van der Waals surface area contributed by atoms with Crippen molar-refractivity contribution in [3.8, 4) is 22.6 Å². The third-order valence-electron chi connectivity index (χ3n) is 3.64. The van der Waals surface area contributed by atoms with Crippen LogP contribution < -0.4 is 14.8 Å². The minimum Gasteiger partial charge on any atom is -0.495 e. The van der Waals surface area contributed by atoms with E-state index >= 15 is 0 Å². The first kappa shape index (κ1) is 18.1. The van der Waals surface area contributed by atoms with Crippen molar-refractivity contribution < 1.29 is 14.3 Å². The van der Waals surface area contributed by atoms with Gasteiger partial charge in [0.15, 0.2) is 5.75 Å². The second kappa shape index (κ2) is 8.13. The van der Waals surface area contributed by atoms with E-state index in [0.29, 0.717) is 21.5 Å². The molecule has 0 aromatic heterocycles. The number of rotatable bonds is 4. The summed E-state index contributed by atoms with van der Waals surface area (Å²) in [5.41, 5.74) is 2.40. The van der Waals surface area contributed by atoms with Crippen LogP contribution in [0.25, 0.3) is 11.1 Å². The van der Waals surface area contributed by atoms with Crippen LogP contribution in [-0.4, -0.2) is 13.2 Å². The maximum Gasteiger partial charge on any atom is 0.417 e. The molecule has 3 aromatic rings. The predicted molar refractivity (Wildman–Crippen MR) is 105 cm³/mol. The quantitative estimate of drug-likeness (QED) is 0.572. The molecule has 0 aliphatic heterocycles. The number of nitrogens with one attached hydrogen (secondary N) is 1. The van der Waals surface area contributed by atoms with E-state index in [9.17, 15) is 4.79 Å². The Bertz CT molecular complexity index is 930. The van der Waals surface area contributed by atoms with Crippen molar-refractivity contribution in [2.24, 2.45) is 0 Å². The van der Waals surface area contributed by atoms with E-state index in [2.05, 4.69) is 5.32 Å². The van der Waals surface area contributed by atoms with Gasteiger partial charge in [-0.1, -0.05) is 59.6 Å². The van der Waals surface area contributed by atoms with Crippen LogP contribution in [0.2, 0.25) is 10.0 Å². The smallest absolute Gasteiger partial charge is 0.417 e. The summed E-state index contributed by atoms with van der Waals surface area (Å²) in [4.78, 5) is 12.2. The molecule has 0 aliphatic rings. The Labute approximate surface area is 161 Å². The molecular formula is C20H15Cl2NO3. The van der Waals surface area contributed by atoms with Crippen molar-refractivity contribution in [1.29, 1.82) is 0 Å². The van der Waals surface area contributed by atoms with E-state index < -0.39 is 6.09 Å². The predicted octanol–water partition coefficient (Wildman–Crippen LogP) is 6.28. The van der Waals surface area contributed by atoms with Crippen LogP contribution in [0.1, 0.15) is 0 Å². The number of carbonyl (C=O) groups excluding carboxylic acids is 1. The Hall–Kier alpha value is -2.69. The van der Waals surface area contributed by atoms with E-state index in [1.165, 1.54) is 7.11 Å². The first-order chi connectivity index (χ1) is 12.6. The van der Waals surface area contributed by atoms with Gasteiger partial charge in [0.1, 0.15) is 5.75 Å². The second-order valence-electron chi connectivity index (χ2n) is 5.37. The maximum absolute atomic E-state index is 12.2. The minimum absolute atomic E-state index is 0.261. The molecule has 6 heteroatoms. The number of hydrogen-bond acceptors (Lipinski definition) is 3. The summed E-state index contributed by atoms with van der Waals surface area (Å²) in [7, 11) is 1.49. The summed E-state index contributed by atoms with van der Waals surface area (Å²) >= 11 is 12.2. The fraction of sp³-hybridized carbons (Fsp3) is 0.0500. The van der Waals surface area contributed by atoms with E-state index in [4.69, 9.17) is 32.7 Å². The highest BCUT2D eigenvalue weighted by atomic mass is 35.5. The average molecular weight is 388 g/mol. The second-order valence-corrected chi connectivity index (χ2v) is 6.21. The van der Waals surface area contributed by atoms with Crippen LogP contribution in [0.3, 0.4) is 0 Å². The topological polar surface area (TPSA) is 47.6 Å². The van der Waals surface area contributed by atoms with Crippen molar-refractivity contribution in [3.05, 3.63) is 76.8 Å². The fourth-order valence-corrected chi connectivity index (χ4v) is 2.78. The van der Waals surface area contributed by atoms with E-state index in [0.717, 1.165) is 11.1 Å². The molecule has 1 N–H and O–H groups in total. The van der Waals surface area contributed by atoms with Gasteiger partial charge >= 0.3 is 6.09 Å². The number of hydrogen-bond donors (Lipinski definition) is 1. The van der Waals surface area contributed by atoms with Crippen LogP contribution >= 0.6 is 23.2 Å². The Kier molecular flexibility index (Phi) is 5.66. The van der Waals surface area contributed by atoms with Crippen LogP contribution in [0.4, 0.5) is 10.5 Å². The zero-order valence-electron chi connectivity index (χ0n) is 13.8. The van der Waals surface area contributed by atoms with Crippen LogP contribution in [0.5, 0.6) is 11.5 Å². The highest BCUT2D eigenvalue weighted by molar-refractivity contribution is 6.32. The van der Waals surface area contributed by atoms with Crippen molar-refractivity contribution in [2.75, 3.05) is 12.4 Å². The van der Waals surface area contributed by atoms with Crippen LogP contribution in [-0.2, 0) is 0 Å². The van der Waals surface area contributed by atoms with Crippen LogP contribution in [0.15, 0.2) is 66.7 Å². The van der Waals surface area contributed by atoms with Gasteiger partial charge < -0.3 is 9.47 Å².